The largest absolute Gasteiger partial charge is 0.310 e. The Morgan fingerprint density at radius 1 is 1.20 bits per heavy atom. The zero-order chi connectivity index (χ0) is 17.2. The van der Waals surface area contributed by atoms with Crippen LogP contribution in [0.2, 0.25) is 0 Å². The highest BCUT2D eigenvalue weighted by Crippen LogP contribution is 2.32. The lowest BCUT2D eigenvalue weighted by Gasteiger charge is -2.07. The third-order valence-electron chi connectivity index (χ3n) is 4.60. The molecule has 0 spiro atoms. The number of aromatic amines is 1. The van der Waals surface area contributed by atoms with E-state index in [2.05, 4.69) is 21.4 Å². The SMILES string of the molecule is N#CN1CC[C@@H](c2[nH]nc(-c3cccc(-c4cccnc4)c3)c2F)C1. The van der Waals surface area contributed by atoms with Gasteiger partial charge in [-0.1, -0.05) is 24.3 Å². The van der Waals surface area contributed by atoms with E-state index in [0.717, 1.165) is 23.1 Å². The van der Waals surface area contributed by atoms with E-state index in [9.17, 15) is 4.39 Å². The van der Waals surface area contributed by atoms with Gasteiger partial charge in [0.25, 0.3) is 0 Å². The molecule has 1 aliphatic heterocycles. The fraction of sp³-hybridized carbons (Fsp3) is 0.211. The zero-order valence-electron chi connectivity index (χ0n) is 13.5. The summed E-state index contributed by atoms with van der Waals surface area (Å²) in [5, 5.41) is 16.0. The molecule has 1 atom stereocenters. The van der Waals surface area contributed by atoms with E-state index in [1.807, 2.05) is 36.4 Å². The second kappa shape index (κ2) is 6.36. The number of H-pyrrole nitrogens is 1. The minimum Gasteiger partial charge on any atom is -0.310 e. The first-order chi connectivity index (χ1) is 12.3. The van der Waals surface area contributed by atoms with Gasteiger partial charge >= 0.3 is 0 Å². The second-order valence-corrected chi connectivity index (χ2v) is 6.15. The van der Waals surface area contributed by atoms with Gasteiger partial charge in [0.15, 0.2) is 12.0 Å². The number of hydrogen-bond acceptors (Lipinski definition) is 4. The molecule has 0 saturated carbocycles. The monoisotopic (exact) mass is 333 g/mol. The van der Waals surface area contributed by atoms with Gasteiger partial charge in [-0.3, -0.25) is 10.1 Å². The summed E-state index contributed by atoms with van der Waals surface area (Å²) in [7, 11) is 0. The third kappa shape index (κ3) is 2.85. The van der Waals surface area contributed by atoms with Gasteiger partial charge in [0.2, 0.25) is 0 Å². The Morgan fingerprint density at radius 2 is 2.04 bits per heavy atom. The van der Waals surface area contributed by atoms with Crippen molar-refractivity contribution in [2.45, 2.75) is 12.3 Å². The highest BCUT2D eigenvalue weighted by atomic mass is 19.1. The molecular formula is C19H16FN5. The molecule has 1 fully saturated rings. The summed E-state index contributed by atoms with van der Waals surface area (Å²) < 4.78 is 14.9. The highest BCUT2D eigenvalue weighted by molar-refractivity contribution is 5.71. The highest BCUT2D eigenvalue weighted by Gasteiger charge is 2.28. The van der Waals surface area contributed by atoms with Crippen molar-refractivity contribution in [2.75, 3.05) is 13.1 Å². The maximum Gasteiger partial charge on any atom is 0.179 e. The number of likely N-dealkylation sites (tertiary alicyclic amines) is 1. The molecule has 5 nitrogen and oxygen atoms in total. The third-order valence-corrected chi connectivity index (χ3v) is 4.60. The molecule has 3 aromatic rings. The molecule has 2 aromatic heterocycles. The standard InChI is InChI=1S/C19H16FN5/c20-17-18(23-24-19(17)16-6-8-25(11-16)12-21)14-4-1-3-13(9-14)15-5-2-7-22-10-15/h1-5,7,9-10,16H,6,8,11H2,(H,23,24)/t16-/m1/s1. The molecule has 25 heavy (non-hydrogen) atoms. The van der Waals surface area contributed by atoms with Gasteiger partial charge in [0.1, 0.15) is 5.69 Å². The van der Waals surface area contributed by atoms with Crippen LogP contribution in [0.4, 0.5) is 4.39 Å². The Kier molecular flexibility index (Phi) is 3.90. The smallest absolute Gasteiger partial charge is 0.179 e. The van der Waals surface area contributed by atoms with Gasteiger partial charge in [-0.15, -0.1) is 0 Å². The van der Waals surface area contributed by atoms with Gasteiger partial charge < -0.3 is 4.90 Å². The average molecular weight is 333 g/mol. The number of nitriles is 1. The number of nitrogens with zero attached hydrogens (tertiary/aromatic N) is 4. The van der Waals surface area contributed by atoms with Crippen LogP contribution in [0.25, 0.3) is 22.4 Å². The fourth-order valence-corrected chi connectivity index (χ4v) is 3.27. The van der Waals surface area contributed by atoms with Gasteiger partial charge in [-0.25, -0.2) is 4.39 Å². The van der Waals surface area contributed by atoms with Crippen molar-refractivity contribution < 1.29 is 4.39 Å². The molecule has 1 aromatic carbocycles. The van der Waals surface area contributed by atoms with Gasteiger partial charge in [-0.2, -0.15) is 10.4 Å². The quantitative estimate of drug-likeness (QED) is 0.744. The van der Waals surface area contributed by atoms with E-state index < -0.39 is 0 Å². The Labute approximate surface area is 144 Å². The molecule has 3 heterocycles. The molecule has 1 N–H and O–H groups in total. The minimum absolute atomic E-state index is 0.0256. The summed E-state index contributed by atoms with van der Waals surface area (Å²) in [6.45, 7) is 1.19. The first-order valence-electron chi connectivity index (χ1n) is 8.15. The van der Waals surface area contributed by atoms with Crippen LogP contribution >= 0.6 is 0 Å². The number of benzene rings is 1. The molecule has 0 amide bonds. The van der Waals surface area contributed by atoms with E-state index in [1.165, 1.54) is 0 Å². The molecule has 0 radical (unpaired) electrons. The molecule has 0 unspecified atom stereocenters. The number of halogens is 1. The van der Waals surface area contributed by atoms with Gasteiger partial charge in [0.05, 0.1) is 5.69 Å². The van der Waals surface area contributed by atoms with Crippen LogP contribution in [0.1, 0.15) is 18.0 Å². The van der Waals surface area contributed by atoms with Crippen LogP contribution in [-0.4, -0.2) is 33.2 Å². The second-order valence-electron chi connectivity index (χ2n) is 6.15. The zero-order valence-corrected chi connectivity index (χ0v) is 13.5. The van der Waals surface area contributed by atoms with Crippen LogP contribution in [0.15, 0.2) is 48.8 Å². The number of rotatable bonds is 3. The van der Waals surface area contributed by atoms with Crippen LogP contribution < -0.4 is 0 Å². The predicted molar refractivity (Wildman–Crippen MR) is 91.8 cm³/mol. The fourth-order valence-electron chi connectivity index (χ4n) is 3.27. The average Bonchev–Trinajstić information content (AvgIpc) is 3.29. The molecular weight excluding hydrogens is 317 g/mol. The summed E-state index contributed by atoms with van der Waals surface area (Å²) in [4.78, 5) is 5.77. The van der Waals surface area contributed by atoms with Crippen molar-refractivity contribution >= 4 is 0 Å². The lowest BCUT2D eigenvalue weighted by molar-refractivity contribution is 0.474. The number of pyridine rings is 1. The maximum atomic E-state index is 14.9. The first kappa shape index (κ1) is 15.3. The summed E-state index contributed by atoms with van der Waals surface area (Å²) in [6, 6.07) is 11.4. The lowest BCUT2D eigenvalue weighted by Crippen LogP contribution is -2.13. The topological polar surface area (TPSA) is 68.6 Å². The number of hydrogen-bond donors (Lipinski definition) is 1. The van der Waals surface area contributed by atoms with Crippen molar-refractivity contribution in [3.8, 4) is 28.6 Å². The van der Waals surface area contributed by atoms with Crippen LogP contribution in [0.5, 0.6) is 0 Å². The summed E-state index contributed by atoms with van der Waals surface area (Å²) >= 11 is 0. The maximum absolute atomic E-state index is 14.9. The molecule has 1 aliphatic rings. The van der Waals surface area contributed by atoms with Crippen LogP contribution in [-0.2, 0) is 0 Å². The van der Waals surface area contributed by atoms with E-state index in [4.69, 9.17) is 5.26 Å². The van der Waals surface area contributed by atoms with E-state index in [-0.39, 0.29) is 11.7 Å². The molecule has 0 bridgehead atoms. The Bertz CT molecular complexity index is 928. The van der Waals surface area contributed by atoms with Gasteiger partial charge in [-0.05, 0) is 24.1 Å². The van der Waals surface area contributed by atoms with E-state index in [0.29, 0.717) is 24.5 Å². The Balaban J connectivity index is 1.66. The molecule has 4 rings (SSSR count). The van der Waals surface area contributed by atoms with Crippen LogP contribution in [0, 0.1) is 17.3 Å². The predicted octanol–water partition coefficient (Wildman–Crippen LogP) is 3.55. The van der Waals surface area contributed by atoms with Crippen molar-refractivity contribution in [3.05, 3.63) is 60.3 Å². The summed E-state index contributed by atoms with van der Waals surface area (Å²) in [5.74, 6) is -0.351. The summed E-state index contributed by atoms with van der Waals surface area (Å²) in [6.07, 6.45) is 6.37. The molecule has 124 valence electrons. The van der Waals surface area contributed by atoms with E-state index in [1.54, 1.807) is 17.3 Å². The minimum atomic E-state index is -0.326. The van der Waals surface area contributed by atoms with Gasteiger partial charge in [0, 0.05) is 42.5 Å². The lowest BCUT2D eigenvalue weighted by atomic mass is 10.0. The Morgan fingerprint density at radius 3 is 2.80 bits per heavy atom. The normalized spacial score (nSPS) is 16.8. The van der Waals surface area contributed by atoms with Crippen molar-refractivity contribution in [1.82, 2.24) is 20.1 Å². The first-order valence-corrected chi connectivity index (χ1v) is 8.15. The molecule has 6 heteroatoms. The number of aromatic nitrogens is 3. The molecule has 1 saturated heterocycles. The Hall–Kier alpha value is -3.20. The molecule has 0 aliphatic carbocycles. The van der Waals surface area contributed by atoms with Crippen LogP contribution in [0.3, 0.4) is 0 Å². The van der Waals surface area contributed by atoms with Crippen molar-refractivity contribution in [3.63, 3.8) is 0 Å². The van der Waals surface area contributed by atoms with E-state index >= 15 is 0 Å². The number of nitrogens with one attached hydrogen (secondary N) is 1. The summed E-state index contributed by atoms with van der Waals surface area (Å²) in [5.41, 5.74) is 3.46. The van der Waals surface area contributed by atoms with Crippen molar-refractivity contribution in [1.29, 1.82) is 5.26 Å². The van der Waals surface area contributed by atoms with Crippen molar-refractivity contribution in [2.24, 2.45) is 0 Å².